The van der Waals surface area contributed by atoms with Crippen LogP contribution in [0.2, 0.25) is 0 Å². The highest BCUT2D eigenvalue weighted by molar-refractivity contribution is 7.91. The topological polar surface area (TPSA) is 76.0 Å². The number of benzene rings is 1. The second-order valence-corrected chi connectivity index (χ2v) is 6.81. The summed E-state index contributed by atoms with van der Waals surface area (Å²) in [5, 5.41) is 12.2. The van der Waals surface area contributed by atoms with E-state index in [1.54, 1.807) is 13.0 Å². The fourth-order valence-corrected chi connectivity index (χ4v) is 2.60. The zero-order valence-electron chi connectivity index (χ0n) is 11.9. The molecule has 0 heterocycles. The molecule has 0 amide bonds. The molecule has 0 aliphatic carbocycles. The molecule has 0 atom stereocenters. The summed E-state index contributed by atoms with van der Waals surface area (Å²) < 4.78 is 28.3. The molecule has 0 saturated heterocycles. The second kappa shape index (κ2) is 7.89. The van der Waals surface area contributed by atoms with Crippen molar-refractivity contribution >= 4 is 15.5 Å². The lowest BCUT2D eigenvalue weighted by Gasteiger charge is -2.11. The van der Waals surface area contributed by atoms with Crippen molar-refractivity contribution in [1.82, 2.24) is 0 Å². The molecule has 0 aromatic heterocycles. The normalized spacial score (nSPS) is 12.4. The van der Waals surface area contributed by atoms with E-state index in [2.05, 4.69) is 5.16 Å². The van der Waals surface area contributed by atoms with Gasteiger partial charge in [-0.1, -0.05) is 31.1 Å². The van der Waals surface area contributed by atoms with Crippen molar-refractivity contribution < 1.29 is 18.4 Å². The molecule has 1 N–H and O–H groups in total. The van der Waals surface area contributed by atoms with E-state index in [0.717, 1.165) is 5.56 Å². The molecule has 0 aliphatic heterocycles. The lowest BCUT2D eigenvalue weighted by molar-refractivity contribution is 0.311. The van der Waals surface area contributed by atoms with Crippen LogP contribution in [0.3, 0.4) is 0 Å². The van der Waals surface area contributed by atoms with Crippen molar-refractivity contribution in [3.8, 4) is 5.75 Å². The molecule has 0 fully saturated rings. The average Bonchev–Trinajstić information content (AvgIpc) is 2.46. The zero-order valence-corrected chi connectivity index (χ0v) is 12.7. The standard InChI is InChI=1S/C14H21NO4S/c1-3-13(15-16)12-8-5-6-9-14(12)19-10-7-11-20(17,18)4-2/h5-6,8-9,16H,3-4,7,10-11H2,1-2H3. The van der Waals surface area contributed by atoms with Gasteiger partial charge in [-0.25, -0.2) is 8.42 Å². The predicted octanol–water partition coefficient (Wildman–Crippen LogP) is 2.48. The first-order valence-electron chi connectivity index (χ1n) is 6.67. The summed E-state index contributed by atoms with van der Waals surface area (Å²) in [6.07, 6.45) is 1.03. The minimum atomic E-state index is -2.95. The van der Waals surface area contributed by atoms with Gasteiger partial charge < -0.3 is 9.94 Å². The van der Waals surface area contributed by atoms with Crippen molar-refractivity contribution in [3.05, 3.63) is 29.8 Å². The minimum Gasteiger partial charge on any atom is -0.493 e. The molecule has 5 nitrogen and oxygen atoms in total. The summed E-state index contributed by atoms with van der Waals surface area (Å²) in [4.78, 5) is 0. The second-order valence-electron chi connectivity index (χ2n) is 4.33. The van der Waals surface area contributed by atoms with Crippen molar-refractivity contribution in [2.75, 3.05) is 18.1 Å². The van der Waals surface area contributed by atoms with E-state index in [0.29, 0.717) is 30.9 Å². The largest absolute Gasteiger partial charge is 0.493 e. The van der Waals surface area contributed by atoms with Crippen LogP contribution >= 0.6 is 0 Å². The van der Waals surface area contributed by atoms with Gasteiger partial charge in [0.2, 0.25) is 0 Å². The predicted molar refractivity (Wildman–Crippen MR) is 79.5 cm³/mol. The van der Waals surface area contributed by atoms with Crippen LogP contribution in [0.5, 0.6) is 5.75 Å². The van der Waals surface area contributed by atoms with Crippen molar-refractivity contribution in [2.24, 2.45) is 5.16 Å². The van der Waals surface area contributed by atoms with Crippen molar-refractivity contribution in [2.45, 2.75) is 26.7 Å². The van der Waals surface area contributed by atoms with Crippen LogP contribution < -0.4 is 4.74 Å². The van der Waals surface area contributed by atoms with Gasteiger partial charge in [0.1, 0.15) is 15.6 Å². The zero-order chi connectivity index (χ0) is 15.0. The van der Waals surface area contributed by atoms with Crippen LogP contribution in [0.15, 0.2) is 29.4 Å². The lowest BCUT2D eigenvalue weighted by atomic mass is 10.1. The Kier molecular flexibility index (Phi) is 6.51. The third kappa shape index (κ3) is 4.85. The van der Waals surface area contributed by atoms with Gasteiger partial charge >= 0.3 is 0 Å². The first-order chi connectivity index (χ1) is 9.54. The van der Waals surface area contributed by atoms with Gasteiger partial charge in [0.15, 0.2) is 0 Å². The van der Waals surface area contributed by atoms with Crippen LogP contribution in [0.25, 0.3) is 0 Å². The maximum Gasteiger partial charge on any atom is 0.150 e. The van der Waals surface area contributed by atoms with E-state index in [1.807, 2.05) is 25.1 Å². The number of oxime groups is 1. The summed E-state index contributed by atoms with van der Waals surface area (Å²) in [5.41, 5.74) is 1.28. The Hall–Kier alpha value is -1.56. The molecule has 1 aromatic carbocycles. The van der Waals surface area contributed by atoms with Crippen LogP contribution in [0.1, 0.15) is 32.3 Å². The molecule has 0 spiro atoms. The smallest absolute Gasteiger partial charge is 0.150 e. The summed E-state index contributed by atoms with van der Waals surface area (Å²) in [6, 6.07) is 7.26. The Morgan fingerprint density at radius 1 is 1.30 bits per heavy atom. The number of hydrogen-bond donors (Lipinski definition) is 1. The third-order valence-corrected chi connectivity index (χ3v) is 4.74. The van der Waals surface area contributed by atoms with Gasteiger partial charge in [0.25, 0.3) is 0 Å². The van der Waals surface area contributed by atoms with E-state index in [9.17, 15) is 8.42 Å². The Balaban J connectivity index is 2.65. The summed E-state index contributed by atoms with van der Waals surface area (Å²) in [7, 11) is -2.95. The summed E-state index contributed by atoms with van der Waals surface area (Å²) in [5.74, 6) is 0.886. The molecule has 1 rings (SSSR count). The highest BCUT2D eigenvalue weighted by Gasteiger charge is 2.10. The fourth-order valence-electron chi connectivity index (χ4n) is 1.75. The summed E-state index contributed by atoms with van der Waals surface area (Å²) in [6.45, 7) is 3.84. The van der Waals surface area contributed by atoms with Gasteiger partial charge in [-0.05, 0) is 25.0 Å². The maximum absolute atomic E-state index is 11.4. The highest BCUT2D eigenvalue weighted by atomic mass is 32.2. The first-order valence-corrected chi connectivity index (χ1v) is 8.49. The molecular weight excluding hydrogens is 278 g/mol. The van der Waals surface area contributed by atoms with E-state index in [1.165, 1.54) is 0 Å². The molecule has 6 heteroatoms. The van der Waals surface area contributed by atoms with Gasteiger partial charge in [0.05, 0.1) is 18.1 Å². The number of ether oxygens (including phenoxy) is 1. The summed E-state index contributed by atoms with van der Waals surface area (Å²) >= 11 is 0. The SMILES string of the molecule is CCC(=NO)c1ccccc1OCCCS(=O)(=O)CC. The van der Waals surface area contributed by atoms with Gasteiger partial charge in [-0.15, -0.1) is 0 Å². The third-order valence-electron chi connectivity index (χ3n) is 2.95. The number of sulfone groups is 1. The molecule has 20 heavy (non-hydrogen) atoms. The Morgan fingerprint density at radius 2 is 2.00 bits per heavy atom. The molecule has 0 saturated carbocycles. The van der Waals surface area contributed by atoms with Crippen LogP contribution in [0.4, 0.5) is 0 Å². The van der Waals surface area contributed by atoms with E-state index >= 15 is 0 Å². The number of para-hydroxylation sites is 1. The van der Waals surface area contributed by atoms with E-state index in [-0.39, 0.29) is 11.5 Å². The molecule has 1 aromatic rings. The molecule has 0 bridgehead atoms. The molecule has 0 radical (unpaired) electrons. The molecule has 0 unspecified atom stereocenters. The maximum atomic E-state index is 11.4. The van der Waals surface area contributed by atoms with Crippen LogP contribution in [-0.4, -0.2) is 37.4 Å². The molecule has 112 valence electrons. The number of rotatable bonds is 8. The van der Waals surface area contributed by atoms with Crippen molar-refractivity contribution in [1.29, 1.82) is 0 Å². The van der Waals surface area contributed by atoms with Crippen LogP contribution in [-0.2, 0) is 9.84 Å². The average molecular weight is 299 g/mol. The van der Waals surface area contributed by atoms with Crippen LogP contribution in [0, 0.1) is 0 Å². The van der Waals surface area contributed by atoms with Gasteiger partial charge in [-0.2, -0.15) is 0 Å². The highest BCUT2D eigenvalue weighted by Crippen LogP contribution is 2.20. The van der Waals surface area contributed by atoms with Crippen molar-refractivity contribution in [3.63, 3.8) is 0 Å². The van der Waals surface area contributed by atoms with Gasteiger partial charge in [-0.3, -0.25) is 0 Å². The Bertz CT molecular complexity index is 552. The minimum absolute atomic E-state index is 0.125. The number of nitrogens with zero attached hydrogens (tertiary/aromatic N) is 1. The van der Waals surface area contributed by atoms with E-state index in [4.69, 9.17) is 9.94 Å². The first kappa shape index (κ1) is 16.5. The monoisotopic (exact) mass is 299 g/mol. The lowest BCUT2D eigenvalue weighted by Crippen LogP contribution is -2.12. The number of hydrogen-bond acceptors (Lipinski definition) is 5. The quantitative estimate of drug-likeness (QED) is 0.346. The Morgan fingerprint density at radius 3 is 2.60 bits per heavy atom. The van der Waals surface area contributed by atoms with E-state index < -0.39 is 9.84 Å². The van der Waals surface area contributed by atoms with Gasteiger partial charge in [0, 0.05) is 11.3 Å². The fraction of sp³-hybridized carbons (Fsp3) is 0.500. The molecular formula is C14H21NO4S. The molecule has 0 aliphatic rings. The Labute approximate surface area is 120 Å².